The van der Waals surface area contributed by atoms with Gasteiger partial charge in [-0.25, -0.2) is 4.79 Å². The molecule has 0 aliphatic heterocycles. The minimum absolute atomic E-state index is 0.252. The molecule has 0 spiro atoms. The van der Waals surface area contributed by atoms with E-state index in [4.69, 9.17) is 9.72 Å². The lowest BCUT2D eigenvalue weighted by Gasteiger charge is -2.17. The van der Waals surface area contributed by atoms with Gasteiger partial charge in [-0.05, 0) is 48.9 Å². The maximum atomic E-state index is 11.8. The molecule has 4 heteroatoms. The summed E-state index contributed by atoms with van der Waals surface area (Å²) in [5, 5.41) is 0. The van der Waals surface area contributed by atoms with Crippen LogP contribution in [0.1, 0.15) is 73.8 Å². The van der Waals surface area contributed by atoms with E-state index in [9.17, 15) is 4.79 Å². The Labute approximate surface area is 142 Å². The molecule has 0 bridgehead atoms. The number of rotatable bonds is 6. The highest BCUT2D eigenvalue weighted by Gasteiger charge is 2.16. The van der Waals surface area contributed by atoms with Crippen molar-refractivity contribution in [1.82, 2.24) is 4.98 Å². The quantitative estimate of drug-likeness (QED) is 0.644. The predicted molar refractivity (Wildman–Crippen MR) is 96.3 cm³/mol. The molecule has 0 aromatic carbocycles. The smallest absolute Gasteiger partial charge is 0.348 e. The van der Waals surface area contributed by atoms with Crippen LogP contribution in [0.4, 0.5) is 0 Å². The van der Waals surface area contributed by atoms with Crippen molar-refractivity contribution < 1.29 is 9.53 Å². The van der Waals surface area contributed by atoms with Gasteiger partial charge in [-0.1, -0.05) is 27.7 Å². The summed E-state index contributed by atoms with van der Waals surface area (Å²) in [4.78, 5) is 18.2. The topological polar surface area (TPSA) is 39.2 Å². The zero-order chi connectivity index (χ0) is 17.0. The largest absolute Gasteiger partial charge is 0.462 e. The number of nitrogens with zero attached hydrogens (tertiary/aromatic N) is 1. The first-order valence-electron chi connectivity index (χ1n) is 8.25. The van der Waals surface area contributed by atoms with Gasteiger partial charge in [-0.2, -0.15) is 0 Å². The Morgan fingerprint density at radius 1 is 1.26 bits per heavy atom. The zero-order valence-corrected chi connectivity index (χ0v) is 15.4. The Morgan fingerprint density at radius 3 is 2.61 bits per heavy atom. The number of ether oxygens (including phenoxy) is 1. The summed E-state index contributed by atoms with van der Waals surface area (Å²) in [6, 6.07) is 6.04. The normalized spacial score (nSPS) is 12.4. The van der Waals surface area contributed by atoms with E-state index in [0.29, 0.717) is 23.3 Å². The number of carbonyl (C=O) groups excluding carboxylic acids is 1. The van der Waals surface area contributed by atoms with Crippen LogP contribution in [0, 0.1) is 0 Å². The monoisotopic (exact) mass is 331 g/mol. The number of thiophene rings is 1. The highest BCUT2D eigenvalue weighted by molar-refractivity contribution is 7.17. The van der Waals surface area contributed by atoms with Crippen molar-refractivity contribution in [3.63, 3.8) is 0 Å². The first-order chi connectivity index (χ1) is 11.0. The van der Waals surface area contributed by atoms with Gasteiger partial charge in [0.25, 0.3) is 0 Å². The van der Waals surface area contributed by atoms with Gasteiger partial charge >= 0.3 is 5.97 Å². The first-order valence-corrected chi connectivity index (χ1v) is 9.06. The van der Waals surface area contributed by atoms with Gasteiger partial charge < -0.3 is 4.74 Å². The number of esters is 1. The Hall–Kier alpha value is -1.68. The van der Waals surface area contributed by atoms with Crippen LogP contribution in [0.2, 0.25) is 0 Å². The van der Waals surface area contributed by atoms with E-state index in [2.05, 4.69) is 33.8 Å². The van der Waals surface area contributed by atoms with Gasteiger partial charge in [-0.3, -0.25) is 4.98 Å². The molecule has 0 amide bonds. The number of hydrogen-bond acceptors (Lipinski definition) is 4. The molecule has 2 aromatic rings. The Kier molecular flexibility index (Phi) is 5.94. The number of aromatic nitrogens is 1. The lowest BCUT2D eigenvalue weighted by molar-refractivity contribution is 0.0532. The van der Waals surface area contributed by atoms with Gasteiger partial charge in [-0.15, -0.1) is 11.3 Å². The van der Waals surface area contributed by atoms with Crippen LogP contribution in [0.25, 0.3) is 10.4 Å². The number of carbonyl (C=O) groups is 1. The second-order valence-corrected chi connectivity index (χ2v) is 7.13. The zero-order valence-electron chi connectivity index (χ0n) is 14.6. The number of hydrogen-bond donors (Lipinski definition) is 0. The second kappa shape index (κ2) is 7.73. The maximum absolute atomic E-state index is 11.8. The summed E-state index contributed by atoms with van der Waals surface area (Å²) in [6.45, 7) is 11.0. The Bertz CT molecular complexity index is 676. The van der Waals surface area contributed by atoms with Crippen LogP contribution in [-0.2, 0) is 4.74 Å². The average molecular weight is 331 g/mol. The molecular weight excluding hydrogens is 306 g/mol. The molecule has 0 saturated heterocycles. The summed E-state index contributed by atoms with van der Waals surface area (Å²) in [6.07, 6.45) is 3.01. The maximum Gasteiger partial charge on any atom is 0.348 e. The van der Waals surface area contributed by atoms with Gasteiger partial charge in [0.2, 0.25) is 0 Å². The third kappa shape index (κ3) is 3.99. The fourth-order valence-electron chi connectivity index (χ4n) is 2.53. The Morgan fingerprint density at radius 2 is 2.00 bits per heavy atom. The van der Waals surface area contributed by atoms with E-state index in [1.807, 2.05) is 25.3 Å². The van der Waals surface area contributed by atoms with Crippen molar-refractivity contribution in [2.75, 3.05) is 6.61 Å². The van der Waals surface area contributed by atoms with E-state index >= 15 is 0 Å². The van der Waals surface area contributed by atoms with Crippen molar-refractivity contribution in [1.29, 1.82) is 0 Å². The molecule has 0 aliphatic carbocycles. The van der Waals surface area contributed by atoms with Crippen LogP contribution in [0.5, 0.6) is 0 Å². The molecule has 124 valence electrons. The minimum atomic E-state index is -0.252. The lowest BCUT2D eigenvalue weighted by atomic mass is 9.91. The molecule has 0 N–H and O–H groups in total. The van der Waals surface area contributed by atoms with E-state index in [1.54, 1.807) is 0 Å². The van der Waals surface area contributed by atoms with Crippen molar-refractivity contribution in [3.05, 3.63) is 40.5 Å². The minimum Gasteiger partial charge on any atom is -0.462 e. The van der Waals surface area contributed by atoms with Crippen LogP contribution in [0.3, 0.4) is 0 Å². The highest BCUT2D eigenvalue weighted by Crippen LogP contribution is 2.33. The van der Waals surface area contributed by atoms with Gasteiger partial charge in [0.1, 0.15) is 4.88 Å². The molecule has 2 aromatic heterocycles. The fourth-order valence-corrected chi connectivity index (χ4v) is 3.41. The first kappa shape index (κ1) is 17.7. The molecule has 23 heavy (non-hydrogen) atoms. The van der Waals surface area contributed by atoms with Crippen molar-refractivity contribution >= 4 is 17.3 Å². The molecular formula is C19H25NO2S. The SMILES string of the molecule is CCOC(=O)c1ccc(-c2cnc(C(C)C)c(C(C)CC)c2)s1. The standard InChI is InChI=1S/C19H25NO2S/c1-6-13(5)15-10-14(11-20-18(15)12(3)4)16-8-9-17(23-16)19(21)22-7-2/h8-13H,6-7H2,1-5H3. The molecule has 0 saturated carbocycles. The summed E-state index contributed by atoms with van der Waals surface area (Å²) in [5.41, 5.74) is 3.56. The van der Waals surface area contributed by atoms with Crippen LogP contribution < -0.4 is 0 Å². The van der Waals surface area contributed by atoms with Gasteiger partial charge in [0.05, 0.1) is 6.61 Å². The summed E-state index contributed by atoms with van der Waals surface area (Å²) < 4.78 is 5.06. The van der Waals surface area contributed by atoms with E-state index in [-0.39, 0.29) is 5.97 Å². The second-order valence-electron chi connectivity index (χ2n) is 6.05. The molecule has 0 fully saturated rings. The van der Waals surface area contributed by atoms with E-state index in [0.717, 1.165) is 16.9 Å². The highest BCUT2D eigenvalue weighted by atomic mass is 32.1. The van der Waals surface area contributed by atoms with Crippen LogP contribution >= 0.6 is 11.3 Å². The molecule has 0 aliphatic rings. The summed E-state index contributed by atoms with van der Waals surface area (Å²) in [7, 11) is 0. The lowest BCUT2D eigenvalue weighted by Crippen LogP contribution is -2.03. The predicted octanol–water partition coefficient (Wildman–Crippen LogP) is 5.62. The molecule has 1 unspecified atom stereocenters. The molecule has 1 atom stereocenters. The molecule has 2 heterocycles. The molecule has 3 nitrogen and oxygen atoms in total. The van der Waals surface area contributed by atoms with Gasteiger partial charge in [0, 0.05) is 22.3 Å². The van der Waals surface area contributed by atoms with Crippen molar-refractivity contribution in [3.8, 4) is 10.4 Å². The molecule has 2 rings (SSSR count). The van der Waals surface area contributed by atoms with Crippen molar-refractivity contribution in [2.24, 2.45) is 0 Å². The van der Waals surface area contributed by atoms with E-state index in [1.165, 1.54) is 22.6 Å². The summed E-state index contributed by atoms with van der Waals surface area (Å²) in [5.74, 6) is 0.633. The average Bonchev–Trinajstić information content (AvgIpc) is 3.03. The van der Waals surface area contributed by atoms with Crippen LogP contribution in [-0.4, -0.2) is 17.6 Å². The van der Waals surface area contributed by atoms with Crippen LogP contribution in [0.15, 0.2) is 24.4 Å². The summed E-state index contributed by atoms with van der Waals surface area (Å²) >= 11 is 1.46. The fraction of sp³-hybridized carbons (Fsp3) is 0.474. The van der Waals surface area contributed by atoms with Gasteiger partial charge in [0.15, 0.2) is 0 Å². The van der Waals surface area contributed by atoms with E-state index < -0.39 is 0 Å². The molecule has 0 radical (unpaired) electrons. The third-order valence-electron chi connectivity index (χ3n) is 4.01. The third-order valence-corrected chi connectivity index (χ3v) is 5.12. The Balaban J connectivity index is 2.39. The number of pyridine rings is 1. The van der Waals surface area contributed by atoms with Crippen molar-refractivity contribution in [2.45, 2.75) is 52.9 Å².